The zero-order valence-electron chi connectivity index (χ0n) is 14.1. The van der Waals surface area contributed by atoms with Crippen LogP contribution in [0.3, 0.4) is 0 Å². The summed E-state index contributed by atoms with van der Waals surface area (Å²) in [5.41, 5.74) is 11.3. The molecule has 2 aromatic rings. The van der Waals surface area contributed by atoms with Gasteiger partial charge in [-0.25, -0.2) is 0 Å². The van der Waals surface area contributed by atoms with Crippen LogP contribution in [0, 0.1) is 5.92 Å². The Hall–Kier alpha value is -2.56. The maximum Gasteiger partial charge on any atom is 0.138 e. The Bertz CT molecular complexity index is 759. The molecule has 0 aliphatic carbocycles. The summed E-state index contributed by atoms with van der Waals surface area (Å²) in [6, 6.07) is 11.9. The quantitative estimate of drug-likeness (QED) is 0.470. The molecule has 6 heteroatoms. The van der Waals surface area contributed by atoms with Gasteiger partial charge < -0.3 is 4.74 Å². The average Bonchev–Trinajstić information content (AvgIpc) is 2.68. The highest BCUT2D eigenvalue weighted by Crippen LogP contribution is 2.31. The van der Waals surface area contributed by atoms with E-state index in [1.54, 1.807) is 0 Å². The molecule has 3 aliphatic heterocycles. The van der Waals surface area contributed by atoms with Crippen LogP contribution in [-0.4, -0.2) is 35.6 Å². The number of azide groups is 1. The monoisotopic (exact) mass is 335 g/mol. The van der Waals surface area contributed by atoms with Gasteiger partial charge in [-0.15, -0.1) is 0 Å². The smallest absolute Gasteiger partial charge is 0.138 e. The number of rotatable bonds is 5. The van der Waals surface area contributed by atoms with Gasteiger partial charge in [0.15, 0.2) is 0 Å². The molecule has 0 radical (unpaired) electrons. The predicted octanol–water partition coefficient (Wildman–Crippen LogP) is 4.03. The summed E-state index contributed by atoms with van der Waals surface area (Å²) in [7, 11) is 0. The number of fused-ring (bicyclic) bond motifs is 3. The first-order valence-electron chi connectivity index (χ1n) is 8.77. The number of ether oxygens (including phenoxy) is 1. The van der Waals surface area contributed by atoms with Crippen LogP contribution in [0.5, 0.6) is 5.75 Å². The second-order valence-electron chi connectivity index (χ2n) is 6.76. The highest BCUT2D eigenvalue weighted by molar-refractivity contribution is 5.59. The molecule has 0 amide bonds. The molecule has 1 aromatic carbocycles. The van der Waals surface area contributed by atoms with Crippen LogP contribution in [0.2, 0.25) is 0 Å². The summed E-state index contributed by atoms with van der Waals surface area (Å²) < 4.78 is 6.19. The topological polar surface area (TPSA) is 74.1 Å². The highest BCUT2D eigenvalue weighted by atomic mass is 16.5. The van der Waals surface area contributed by atoms with Crippen molar-refractivity contribution in [2.75, 3.05) is 19.6 Å². The van der Waals surface area contributed by atoms with Gasteiger partial charge in [-0.3, -0.25) is 9.88 Å². The first-order valence-corrected chi connectivity index (χ1v) is 8.77. The van der Waals surface area contributed by atoms with Crippen LogP contribution >= 0.6 is 0 Å². The molecular weight excluding hydrogens is 314 g/mol. The first kappa shape index (κ1) is 15.9. The maximum absolute atomic E-state index is 8.37. The van der Waals surface area contributed by atoms with Crippen molar-refractivity contribution < 1.29 is 4.74 Å². The number of pyridine rings is 1. The molecule has 0 N–H and O–H groups in total. The van der Waals surface area contributed by atoms with Crippen LogP contribution in [-0.2, 0) is 6.54 Å². The molecular formula is C19H21N5O. The van der Waals surface area contributed by atoms with Crippen molar-refractivity contribution in [2.24, 2.45) is 11.0 Å². The Morgan fingerprint density at radius 1 is 1.16 bits per heavy atom. The third-order valence-corrected chi connectivity index (χ3v) is 5.19. The molecule has 0 saturated carbocycles. The Morgan fingerprint density at radius 3 is 2.56 bits per heavy atom. The molecule has 128 valence electrons. The molecule has 1 aromatic heterocycles. The fourth-order valence-corrected chi connectivity index (χ4v) is 3.73. The molecule has 3 saturated heterocycles. The van der Waals surface area contributed by atoms with Gasteiger partial charge in [0.25, 0.3) is 0 Å². The lowest BCUT2D eigenvalue weighted by Gasteiger charge is -2.44. The SMILES string of the molecule is [N-]=[N+]=NCc1ccc(-c2ccc(O[C@H]3CN4CCC3CC4)cn2)cc1. The minimum Gasteiger partial charge on any atom is -0.487 e. The van der Waals surface area contributed by atoms with E-state index in [0.29, 0.717) is 18.6 Å². The van der Waals surface area contributed by atoms with Gasteiger partial charge in [0.05, 0.1) is 18.4 Å². The molecule has 3 aliphatic rings. The molecule has 25 heavy (non-hydrogen) atoms. The normalized spacial score (nSPS) is 24.6. The van der Waals surface area contributed by atoms with E-state index in [4.69, 9.17) is 10.3 Å². The molecule has 6 nitrogen and oxygen atoms in total. The van der Waals surface area contributed by atoms with Gasteiger partial charge >= 0.3 is 0 Å². The van der Waals surface area contributed by atoms with Crippen molar-refractivity contribution in [1.29, 1.82) is 0 Å². The highest BCUT2D eigenvalue weighted by Gasteiger charge is 2.35. The first-order chi connectivity index (χ1) is 12.3. The Morgan fingerprint density at radius 2 is 1.96 bits per heavy atom. The predicted molar refractivity (Wildman–Crippen MR) is 96.1 cm³/mol. The van der Waals surface area contributed by atoms with E-state index in [0.717, 1.165) is 29.1 Å². The van der Waals surface area contributed by atoms with E-state index in [2.05, 4.69) is 19.9 Å². The zero-order valence-corrected chi connectivity index (χ0v) is 14.1. The summed E-state index contributed by atoms with van der Waals surface area (Å²) >= 11 is 0. The summed E-state index contributed by atoms with van der Waals surface area (Å²) in [6.07, 6.45) is 4.62. The molecule has 4 heterocycles. The van der Waals surface area contributed by atoms with E-state index in [1.165, 1.54) is 25.9 Å². The van der Waals surface area contributed by atoms with Crippen molar-refractivity contribution in [3.63, 3.8) is 0 Å². The Balaban J connectivity index is 1.42. The van der Waals surface area contributed by atoms with Gasteiger partial charge in [0.2, 0.25) is 0 Å². The van der Waals surface area contributed by atoms with Crippen molar-refractivity contribution in [2.45, 2.75) is 25.5 Å². The number of benzene rings is 1. The number of piperidine rings is 3. The molecule has 5 rings (SSSR count). The third-order valence-electron chi connectivity index (χ3n) is 5.19. The second-order valence-corrected chi connectivity index (χ2v) is 6.76. The number of aromatic nitrogens is 1. The Kier molecular flexibility index (Phi) is 4.55. The lowest BCUT2D eigenvalue weighted by atomic mass is 9.86. The van der Waals surface area contributed by atoms with E-state index in [-0.39, 0.29) is 0 Å². The van der Waals surface area contributed by atoms with E-state index in [1.807, 2.05) is 42.6 Å². The lowest BCUT2D eigenvalue weighted by molar-refractivity contribution is -0.00791. The third kappa shape index (κ3) is 3.60. The van der Waals surface area contributed by atoms with Crippen LogP contribution in [0.1, 0.15) is 18.4 Å². The fourth-order valence-electron chi connectivity index (χ4n) is 3.73. The van der Waals surface area contributed by atoms with Crippen molar-refractivity contribution in [3.8, 4) is 17.0 Å². The van der Waals surface area contributed by atoms with Crippen molar-refractivity contribution >= 4 is 0 Å². The standard InChI is InChI=1S/C19H21N5O/c20-23-22-11-14-1-3-15(4-2-14)18-6-5-17(12-21-18)25-19-13-24-9-7-16(19)8-10-24/h1-6,12,16,19H,7-11,13H2/t19-/m0/s1. The zero-order chi connectivity index (χ0) is 17.1. The van der Waals surface area contributed by atoms with Crippen LogP contribution in [0.25, 0.3) is 21.7 Å². The van der Waals surface area contributed by atoms with Gasteiger partial charge in [-0.05, 0) is 55.1 Å². The fraction of sp³-hybridized carbons (Fsp3) is 0.421. The van der Waals surface area contributed by atoms with Gasteiger partial charge in [-0.2, -0.15) is 0 Å². The number of hydrogen-bond acceptors (Lipinski definition) is 4. The summed E-state index contributed by atoms with van der Waals surface area (Å²) in [5, 5.41) is 3.57. The molecule has 0 unspecified atom stereocenters. The van der Waals surface area contributed by atoms with E-state index in [9.17, 15) is 0 Å². The van der Waals surface area contributed by atoms with Crippen LogP contribution in [0.4, 0.5) is 0 Å². The second kappa shape index (κ2) is 7.13. The molecule has 3 fully saturated rings. The largest absolute Gasteiger partial charge is 0.487 e. The molecule has 1 atom stereocenters. The van der Waals surface area contributed by atoms with Gasteiger partial charge in [0.1, 0.15) is 11.9 Å². The Labute approximate surface area is 147 Å². The van der Waals surface area contributed by atoms with Gasteiger partial charge in [0, 0.05) is 17.0 Å². The summed E-state index contributed by atoms with van der Waals surface area (Å²) in [6.45, 7) is 3.85. The average molecular weight is 335 g/mol. The number of nitrogens with zero attached hydrogens (tertiary/aromatic N) is 5. The lowest BCUT2D eigenvalue weighted by Crippen LogP contribution is -2.52. The summed E-state index contributed by atoms with van der Waals surface area (Å²) in [4.78, 5) is 9.82. The van der Waals surface area contributed by atoms with Crippen molar-refractivity contribution in [1.82, 2.24) is 9.88 Å². The summed E-state index contributed by atoms with van der Waals surface area (Å²) in [5.74, 6) is 1.54. The number of hydrogen-bond donors (Lipinski definition) is 0. The minimum absolute atomic E-state index is 0.301. The van der Waals surface area contributed by atoms with E-state index >= 15 is 0 Å². The maximum atomic E-state index is 8.37. The molecule has 0 spiro atoms. The van der Waals surface area contributed by atoms with Crippen LogP contribution in [0.15, 0.2) is 47.7 Å². The van der Waals surface area contributed by atoms with Crippen molar-refractivity contribution in [3.05, 3.63) is 58.6 Å². The van der Waals surface area contributed by atoms with Gasteiger partial charge in [-0.1, -0.05) is 29.4 Å². The molecule has 2 bridgehead atoms. The van der Waals surface area contributed by atoms with Crippen LogP contribution < -0.4 is 4.74 Å². The minimum atomic E-state index is 0.301. The van der Waals surface area contributed by atoms with E-state index < -0.39 is 0 Å².